The molecule has 0 atom stereocenters. The number of benzene rings is 1. The van der Waals surface area contributed by atoms with Crippen LogP contribution in [-0.4, -0.2) is 23.0 Å². The number of rotatable bonds is 5. The molecule has 1 saturated carbocycles. The fourth-order valence-corrected chi connectivity index (χ4v) is 2.92. The van der Waals surface area contributed by atoms with E-state index >= 15 is 0 Å². The second kappa shape index (κ2) is 7.22. The molecule has 1 aliphatic rings. The van der Waals surface area contributed by atoms with E-state index in [9.17, 15) is 4.79 Å². The lowest BCUT2D eigenvalue weighted by Gasteiger charge is -2.10. The molecule has 0 bridgehead atoms. The second-order valence-electron chi connectivity index (χ2n) is 5.82. The van der Waals surface area contributed by atoms with E-state index in [4.69, 9.17) is 4.74 Å². The van der Waals surface area contributed by atoms with Gasteiger partial charge in [0.05, 0.1) is 25.0 Å². The van der Waals surface area contributed by atoms with E-state index in [1.807, 2.05) is 30.3 Å². The lowest BCUT2D eigenvalue weighted by Crippen LogP contribution is -2.29. The van der Waals surface area contributed by atoms with E-state index in [0.29, 0.717) is 6.54 Å². The van der Waals surface area contributed by atoms with Gasteiger partial charge in [0.1, 0.15) is 12.1 Å². The van der Waals surface area contributed by atoms with E-state index < -0.39 is 0 Å². The molecule has 5 nitrogen and oxygen atoms in total. The summed E-state index contributed by atoms with van der Waals surface area (Å²) in [4.78, 5) is 20.6. The van der Waals surface area contributed by atoms with Crippen molar-refractivity contribution < 1.29 is 9.53 Å². The van der Waals surface area contributed by atoms with Crippen LogP contribution in [0.25, 0.3) is 11.3 Å². The third-order valence-corrected chi connectivity index (χ3v) is 4.28. The van der Waals surface area contributed by atoms with Crippen molar-refractivity contribution in [3.8, 4) is 17.0 Å². The van der Waals surface area contributed by atoms with Crippen molar-refractivity contribution in [1.29, 1.82) is 0 Å². The summed E-state index contributed by atoms with van der Waals surface area (Å²) in [6.07, 6.45) is 5.87. The minimum Gasteiger partial charge on any atom is -0.497 e. The summed E-state index contributed by atoms with van der Waals surface area (Å²) in [6.45, 7) is 0.445. The van der Waals surface area contributed by atoms with Gasteiger partial charge in [0.2, 0.25) is 5.91 Å². The Bertz CT molecular complexity index is 664. The molecule has 0 saturated heterocycles. The number of nitrogens with one attached hydrogen (secondary N) is 1. The number of methoxy groups -OCH3 is 1. The highest BCUT2D eigenvalue weighted by Gasteiger charge is 2.22. The fourth-order valence-electron chi connectivity index (χ4n) is 2.92. The molecule has 1 aromatic carbocycles. The summed E-state index contributed by atoms with van der Waals surface area (Å²) in [7, 11) is 1.64. The largest absolute Gasteiger partial charge is 0.497 e. The van der Waals surface area contributed by atoms with Crippen LogP contribution in [-0.2, 0) is 11.3 Å². The maximum Gasteiger partial charge on any atom is 0.223 e. The number of nitrogens with zero attached hydrogens (tertiary/aromatic N) is 2. The molecule has 1 amide bonds. The van der Waals surface area contributed by atoms with Crippen LogP contribution in [0.3, 0.4) is 0 Å². The first kappa shape index (κ1) is 15.5. The first-order valence-electron chi connectivity index (χ1n) is 7.99. The van der Waals surface area contributed by atoms with Crippen LogP contribution in [0.2, 0.25) is 0 Å². The van der Waals surface area contributed by atoms with E-state index in [0.717, 1.165) is 48.4 Å². The smallest absolute Gasteiger partial charge is 0.223 e. The van der Waals surface area contributed by atoms with E-state index in [1.165, 1.54) is 6.33 Å². The molecular weight excluding hydrogens is 290 g/mol. The van der Waals surface area contributed by atoms with Crippen LogP contribution in [0.1, 0.15) is 31.4 Å². The minimum atomic E-state index is 0.145. The van der Waals surface area contributed by atoms with Crippen LogP contribution in [0, 0.1) is 5.92 Å². The summed E-state index contributed by atoms with van der Waals surface area (Å²) < 4.78 is 5.16. The zero-order valence-electron chi connectivity index (χ0n) is 13.3. The molecule has 120 valence electrons. The van der Waals surface area contributed by atoms with E-state index in [-0.39, 0.29) is 11.8 Å². The molecule has 0 spiro atoms. The Balaban J connectivity index is 1.65. The summed E-state index contributed by atoms with van der Waals surface area (Å²) in [5.41, 5.74) is 2.65. The van der Waals surface area contributed by atoms with Crippen molar-refractivity contribution in [2.75, 3.05) is 7.11 Å². The molecule has 1 aromatic heterocycles. The molecule has 2 aromatic rings. The predicted molar refractivity (Wildman–Crippen MR) is 87.8 cm³/mol. The van der Waals surface area contributed by atoms with Gasteiger partial charge >= 0.3 is 0 Å². The van der Waals surface area contributed by atoms with Gasteiger partial charge in [0, 0.05) is 11.5 Å². The third kappa shape index (κ3) is 3.86. The van der Waals surface area contributed by atoms with Crippen LogP contribution in [0.4, 0.5) is 0 Å². The van der Waals surface area contributed by atoms with Crippen LogP contribution in [0.15, 0.2) is 36.7 Å². The van der Waals surface area contributed by atoms with Gasteiger partial charge in [-0.1, -0.05) is 12.8 Å². The Morgan fingerprint density at radius 1 is 1.22 bits per heavy atom. The molecule has 1 N–H and O–H groups in total. The summed E-state index contributed by atoms with van der Waals surface area (Å²) in [5, 5.41) is 2.99. The Morgan fingerprint density at radius 2 is 1.96 bits per heavy atom. The molecule has 0 aliphatic heterocycles. The van der Waals surface area contributed by atoms with Gasteiger partial charge in [0.25, 0.3) is 0 Å². The monoisotopic (exact) mass is 311 g/mol. The first-order chi connectivity index (χ1) is 11.3. The Kier molecular flexibility index (Phi) is 4.86. The summed E-state index contributed by atoms with van der Waals surface area (Å²) in [6, 6.07) is 9.64. The maximum atomic E-state index is 12.1. The Labute approximate surface area is 136 Å². The SMILES string of the molecule is COc1ccc(-c2cc(CNC(=O)C3CCCC3)ncn2)cc1. The molecule has 1 fully saturated rings. The van der Waals surface area contributed by atoms with Crippen molar-refractivity contribution in [2.45, 2.75) is 32.2 Å². The highest BCUT2D eigenvalue weighted by atomic mass is 16.5. The average molecular weight is 311 g/mol. The van der Waals surface area contributed by atoms with E-state index in [2.05, 4.69) is 15.3 Å². The third-order valence-electron chi connectivity index (χ3n) is 4.28. The zero-order chi connectivity index (χ0) is 16.1. The van der Waals surface area contributed by atoms with Crippen molar-refractivity contribution >= 4 is 5.91 Å². The highest BCUT2D eigenvalue weighted by Crippen LogP contribution is 2.25. The van der Waals surface area contributed by atoms with E-state index in [1.54, 1.807) is 7.11 Å². The Hall–Kier alpha value is -2.43. The number of hydrogen-bond donors (Lipinski definition) is 1. The number of carbonyl (C=O) groups is 1. The lowest BCUT2D eigenvalue weighted by atomic mass is 10.1. The van der Waals surface area contributed by atoms with Gasteiger partial charge in [-0.2, -0.15) is 0 Å². The fraction of sp³-hybridized carbons (Fsp3) is 0.389. The van der Waals surface area contributed by atoms with Crippen LogP contribution in [0.5, 0.6) is 5.75 Å². The number of carbonyl (C=O) groups excluding carboxylic acids is 1. The van der Waals surface area contributed by atoms with Crippen LogP contribution >= 0.6 is 0 Å². The molecule has 3 rings (SSSR count). The minimum absolute atomic E-state index is 0.145. The first-order valence-corrected chi connectivity index (χ1v) is 7.99. The van der Waals surface area contributed by atoms with Gasteiger partial charge in [-0.05, 0) is 43.2 Å². The van der Waals surface area contributed by atoms with Crippen molar-refractivity contribution in [1.82, 2.24) is 15.3 Å². The zero-order valence-corrected chi connectivity index (χ0v) is 13.3. The maximum absolute atomic E-state index is 12.1. The molecule has 0 unspecified atom stereocenters. The second-order valence-corrected chi connectivity index (χ2v) is 5.82. The molecule has 0 radical (unpaired) electrons. The van der Waals surface area contributed by atoms with Crippen LogP contribution < -0.4 is 10.1 Å². The van der Waals surface area contributed by atoms with Crippen molar-refractivity contribution in [2.24, 2.45) is 5.92 Å². The van der Waals surface area contributed by atoms with Gasteiger partial charge < -0.3 is 10.1 Å². The van der Waals surface area contributed by atoms with Gasteiger partial charge in [-0.25, -0.2) is 9.97 Å². The molecule has 23 heavy (non-hydrogen) atoms. The summed E-state index contributed by atoms with van der Waals surface area (Å²) in [5.74, 6) is 1.14. The number of hydrogen-bond acceptors (Lipinski definition) is 4. The number of aromatic nitrogens is 2. The summed E-state index contributed by atoms with van der Waals surface area (Å²) >= 11 is 0. The lowest BCUT2D eigenvalue weighted by molar-refractivity contribution is -0.124. The molecule has 1 heterocycles. The quantitative estimate of drug-likeness (QED) is 0.922. The molecular formula is C18H21N3O2. The van der Waals surface area contributed by atoms with Gasteiger partial charge in [-0.15, -0.1) is 0 Å². The predicted octanol–water partition coefficient (Wildman–Crippen LogP) is 2.96. The molecule has 5 heteroatoms. The van der Waals surface area contributed by atoms with Gasteiger partial charge in [-0.3, -0.25) is 4.79 Å². The van der Waals surface area contributed by atoms with Crippen molar-refractivity contribution in [3.63, 3.8) is 0 Å². The highest BCUT2D eigenvalue weighted by molar-refractivity contribution is 5.78. The van der Waals surface area contributed by atoms with Gasteiger partial charge in [0.15, 0.2) is 0 Å². The molecule has 1 aliphatic carbocycles. The number of amides is 1. The number of ether oxygens (including phenoxy) is 1. The topological polar surface area (TPSA) is 64.1 Å². The van der Waals surface area contributed by atoms with Crippen molar-refractivity contribution in [3.05, 3.63) is 42.4 Å². The normalized spacial score (nSPS) is 14.7. The standard InChI is InChI=1S/C18H21N3O2/c1-23-16-8-6-13(7-9-16)17-10-15(20-12-21-17)11-19-18(22)14-4-2-3-5-14/h6-10,12,14H,2-5,11H2,1H3,(H,19,22). The average Bonchev–Trinajstić information content (AvgIpc) is 3.15. The Morgan fingerprint density at radius 3 is 2.65 bits per heavy atom.